The standard InChI is InChI=1S/C13H15ClN2O/c1-3-8-15-13(17)9-16-10(2)11-4-6-12(14)7-5-11/h1,4-7,10,16H,8-9H2,2H3,(H,15,17)/p+1/t10-/m0/s1. The Morgan fingerprint density at radius 1 is 1.53 bits per heavy atom. The molecular formula is C13H16ClN2O+. The van der Waals surface area contributed by atoms with Crippen molar-refractivity contribution in [3.05, 3.63) is 34.9 Å². The maximum absolute atomic E-state index is 11.3. The van der Waals surface area contributed by atoms with Crippen molar-refractivity contribution in [3.63, 3.8) is 0 Å². The number of carbonyl (C=O) groups is 1. The van der Waals surface area contributed by atoms with E-state index in [0.717, 1.165) is 5.56 Å². The first-order chi connectivity index (χ1) is 8.13. The number of nitrogens with one attached hydrogen (secondary N) is 1. The summed E-state index contributed by atoms with van der Waals surface area (Å²) in [6.07, 6.45) is 5.05. The van der Waals surface area contributed by atoms with Gasteiger partial charge in [-0.05, 0) is 19.1 Å². The third-order valence-corrected chi connectivity index (χ3v) is 2.69. The van der Waals surface area contributed by atoms with Crippen LogP contribution in [-0.4, -0.2) is 19.0 Å². The van der Waals surface area contributed by atoms with Gasteiger partial charge in [0.1, 0.15) is 6.04 Å². The molecule has 1 aromatic rings. The highest BCUT2D eigenvalue weighted by molar-refractivity contribution is 6.30. The average molecular weight is 252 g/mol. The van der Waals surface area contributed by atoms with E-state index in [1.807, 2.05) is 36.5 Å². The van der Waals surface area contributed by atoms with E-state index < -0.39 is 0 Å². The molecule has 0 unspecified atom stereocenters. The van der Waals surface area contributed by atoms with Gasteiger partial charge in [0.15, 0.2) is 6.54 Å². The van der Waals surface area contributed by atoms with Gasteiger partial charge in [0.2, 0.25) is 0 Å². The number of carbonyl (C=O) groups excluding carboxylic acids is 1. The molecule has 0 aliphatic carbocycles. The zero-order valence-electron chi connectivity index (χ0n) is 9.74. The van der Waals surface area contributed by atoms with Crippen molar-refractivity contribution < 1.29 is 10.1 Å². The second-order valence-corrected chi connectivity index (χ2v) is 4.20. The topological polar surface area (TPSA) is 45.7 Å². The second-order valence-electron chi connectivity index (χ2n) is 3.76. The van der Waals surface area contributed by atoms with Crippen molar-refractivity contribution in [2.45, 2.75) is 13.0 Å². The minimum Gasteiger partial charge on any atom is -0.340 e. The average Bonchev–Trinajstić information content (AvgIpc) is 2.34. The lowest BCUT2D eigenvalue weighted by atomic mass is 10.1. The predicted octanol–water partition coefficient (Wildman–Crippen LogP) is 0.714. The van der Waals surface area contributed by atoms with Gasteiger partial charge in [0.25, 0.3) is 5.91 Å². The summed E-state index contributed by atoms with van der Waals surface area (Å²) in [4.78, 5) is 11.3. The maximum Gasteiger partial charge on any atom is 0.275 e. The van der Waals surface area contributed by atoms with Crippen molar-refractivity contribution >= 4 is 17.5 Å². The van der Waals surface area contributed by atoms with E-state index in [1.54, 1.807) is 0 Å². The van der Waals surface area contributed by atoms with Gasteiger partial charge in [-0.15, -0.1) is 6.42 Å². The highest BCUT2D eigenvalue weighted by atomic mass is 35.5. The Morgan fingerprint density at radius 2 is 2.18 bits per heavy atom. The van der Waals surface area contributed by atoms with Crippen LogP contribution in [0.3, 0.4) is 0 Å². The van der Waals surface area contributed by atoms with Gasteiger partial charge in [-0.25, -0.2) is 0 Å². The summed E-state index contributed by atoms with van der Waals surface area (Å²) < 4.78 is 0. The molecule has 4 heteroatoms. The summed E-state index contributed by atoms with van der Waals surface area (Å²) in [5.74, 6) is 2.31. The largest absolute Gasteiger partial charge is 0.340 e. The minimum atomic E-state index is -0.0521. The Labute approximate surface area is 107 Å². The molecule has 0 aromatic heterocycles. The van der Waals surface area contributed by atoms with Crippen LogP contribution in [0.2, 0.25) is 5.02 Å². The second kappa shape index (κ2) is 6.95. The number of halogens is 1. The summed E-state index contributed by atoms with van der Waals surface area (Å²) >= 11 is 5.81. The molecule has 1 aromatic carbocycles. The molecule has 0 aliphatic rings. The van der Waals surface area contributed by atoms with Crippen LogP contribution >= 0.6 is 11.6 Å². The fourth-order valence-electron chi connectivity index (χ4n) is 1.41. The molecule has 0 fully saturated rings. The molecule has 0 bridgehead atoms. The number of hydrogen-bond donors (Lipinski definition) is 2. The van der Waals surface area contributed by atoms with E-state index >= 15 is 0 Å². The van der Waals surface area contributed by atoms with Crippen molar-refractivity contribution in [2.75, 3.05) is 13.1 Å². The van der Waals surface area contributed by atoms with Crippen LogP contribution in [0.25, 0.3) is 0 Å². The number of amides is 1. The van der Waals surface area contributed by atoms with Crippen LogP contribution in [0.4, 0.5) is 0 Å². The van der Waals surface area contributed by atoms with Gasteiger partial charge in [0.05, 0.1) is 6.54 Å². The van der Waals surface area contributed by atoms with Crippen LogP contribution in [-0.2, 0) is 4.79 Å². The van der Waals surface area contributed by atoms with E-state index in [1.165, 1.54) is 0 Å². The minimum absolute atomic E-state index is 0.0521. The number of hydrogen-bond acceptors (Lipinski definition) is 1. The van der Waals surface area contributed by atoms with Gasteiger partial charge < -0.3 is 10.6 Å². The summed E-state index contributed by atoms with van der Waals surface area (Å²) in [5.41, 5.74) is 1.14. The summed E-state index contributed by atoms with van der Waals surface area (Å²) in [7, 11) is 0. The van der Waals surface area contributed by atoms with Gasteiger partial charge in [-0.3, -0.25) is 4.79 Å². The highest BCUT2D eigenvalue weighted by Gasteiger charge is 2.10. The molecule has 3 nitrogen and oxygen atoms in total. The van der Waals surface area contributed by atoms with E-state index in [4.69, 9.17) is 18.0 Å². The van der Waals surface area contributed by atoms with Crippen LogP contribution in [0, 0.1) is 12.3 Å². The van der Waals surface area contributed by atoms with Gasteiger partial charge in [0, 0.05) is 10.6 Å². The number of terminal acetylenes is 1. The Morgan fingerprint density at radius 3 is 2.76 bits per heavy atom. The lowest BCUT2D eigenvalue weighted by Gasteiger charge is -2.10. The number of nitrogens with two attached hydrogens (primary N) is 1. The third-order valence-electron chi connectivity index (χ3n) is 2.44. The maximum atomic E-state index is 11.3. The molecule has 0 saturated heterocycles. The summed E-state index contributed by atoms with van der Waals surface area (Å²) in [6.45, 7) is 2.69. The van der Waals surface area contributed by atoms with E-state index in [0.29, 0.717) is 11.6 Å². The van der Waals surface area contributed by atoms with Crippen LogP contribution in [0.5, 0.6) is 0 Å². The zero-order chi connectivity index (χ0) is 12.7. The fraction of sp³-hybridized carbons (Fsp3) is 0.308. The van der Waals surface area contributed by atoms with Gasteiger partial charge >= 0.3 is 0 Å². The number of rotatable bonds is 5. The van der Waals surface area contributed by atoms with E-state index in [-0.39, 0.29) is 18.5 Å². The van der Waals surface area contributed by atoms with E-state index in [9.17, 15) is 4.79 Å². The summed E-state index contributed by atoms with van der Waals surface area (Å²) in [5, 5.41) is 5.29. The highest BCUT2D eigenvalue weighted by Crippen LogP contribution is 2.13. The Hall–Kier alpha value is -1.50. The number of benzene rings is 1. The monoisotopic (exact) mass is 251 g/mol. The van der Waals surface area contributed by atoms with Crippen molar-refractivity contribution in [1.82, 2.24) is 5.32 Å². The van der Waals surface area contributed by atoms with E-state index in [2.05, 4.69) is 11.2 Å². The first-order valence-corrected chi connectivity index (χ1v) is 5.80. The first kappa shape index (κ1) is 13.6. The molecule has 0 saturated carbocycles. The van der Waals surface area contributed by atoms with Crippen molar-refractivity contribution in [2.24, 2.45) is 0 Å². The Bertz CT molecular complexity index is 408. The molecular weight excluding hydrogens is 236 g/mol. The van der Waals surface area contributed by atoms with Gasteiger partial charge in [-0.1, -0.05) is 29.7 Å². The molecule has 1 rings (SSSR count). The fourth-order valence-corrected chi connectivity index (χ4v) is 1.53. The predicted molar refractivity (Wildman–Crippen MR) is 68.5 cm³/mol. The molecule has 0 radical (unpaired) electrons. The van der Waals surface area contributed by atoms with Crippen molar-refractivity contribution in [1.29, 1.82) is 0 Å². The summed E-state index contributed by atoms with van der Waals surface area (Å²) in [6, 6.07) is 7.83. The quantitative estimate of drug-likeness (QED) is 0.744. The zero-order valence-corrected chi connectivity index (χ0v) is 10.5. The van der Waals surface area contributed by atoms with Crippen LogP contribution in [0.1, 0.15) is 18.5 Å². The normalized spacial score (nSPS) is 11.6. The van der Waals surface area contributed by atoms with Crippen LogP contribution in [0.15, 0.2) is 24.3 Å². The SMILES string of the molecule is C#CCNC(=O)C[NH2+][C@@H](C)c1ccc(Cl)cc1. The molecule has 90 valence electrons. The first-order valence-electron chi connectivity index (χ1n) is 5.42. The molecule has 1 amide bonds. The van der Waals surface area contributed by atoms with Crippen LogP contribution < -0.4 is 10.6 Å². The Balaban J connectivity index is 2.39. The lowest BCUT2D eigenvalue weighted by molar-refractivity contribution is -0.682. The molecule has 0 heterocycles. The number of quaternary nitrogens is 1. The molecule has 1 atom stereocenters. The Kier molecular flexibility index (Phi) is 5.55. The third kappa shape index (κ3) is 4.90. The smallest absolute Gasteiger partial charge is 0.275 e. The molecule has 0 aliphatic heterocycles. The molecule has 3 N–H and O–H groups in total. The lowest BCUT2D eigenvalue weighted by Crippen LogP contribution is -2.87. The molecule has 17 heavy (non-hydrogen) atoms. The van der Waals surface area contributed by atoms with Gasteiger partial charge in [-0.2, -0.15) is 0 Å². The molecule has 0 spiro atoms. The van der Waals surface area contributed by atoms with Crippen molar-refractivity contribution in [3.8, 4) is 12.3 Å².